The van der Waals surface area contributed by atoms with Crippen molar-refractivity contribution in [2.75, 3.05) is 13.2 Å². The molecule has 1 N–H and O–H groups in total. The van der Waals surface area contributed by atoms with Crippen LogP contribution in [0.5, 0.6) is 5.75 Å². The summed E-state index contributed by atoms with van der Waals surface area (Å²) < 4.78 is 47.2. The summed E-state index contributed by atoms with van der Waals surface area (Å²) in [7, 11) is -3.94. The largest absolute Gasteiger partial charge is 0.492 e. The van der Waals surface area contributed by atoms with Crippen molar-refractivity contribution in [3.05, 3.63) is 94.3 Å². The Morgan fingerprint density at radius 1 is 1.06 bits per heavy atom. The number of hydrogen-bond donors (Lipinski definition) is 1. The molecule has 0 unspecified atom stereocenters. The maximum Gasteiger partial charge on any atom is 0.251 e. The molecule has 1 aliphatic rings. The zero-order valence-corrected chi connectivity index (χ0v) is 19.3. The van der Waals surface area contributed by atoms with Crippen LogP contribution in [-0.4, -0.2) is 31.8 Å². The van der Waals surface area contributed by atoms with Gasteiger partial charge in [-0.15, -0.1) is 0 Å². The number of aryl methyl sites for hydroxylation is 2. The number of ether oxygens (including phenoxy) is 1. The number of sulfonamides is 1. The molecule has 172 valence electrons. The molecule has 0 atom stereocenters. The molecule has 3 aromatic rings. The van der Waals surface area contributed by atoms with Gasteiger partial charge in [-0.3, -0.25) is 4.79 Å². The first-order valence-corrected chi connectivity index (χ1v) is 12.0. The molecule has 3 aromatic carbocycles. The second kappa shape index (κ2) is 9.33. The van der Waals surface area contributed by atoms with Gasteiger partial charge in [-0.05, 0) is 55.3 Å². The molecule has 0 aliphatic carbocycles. The van der Waals surface area contributed by atoms with Gasteiger partial charge in [0.2, 0.25) is 10.0 Å². The molecule has 4 rings (SSSR count). The van der Waals surface area contributed by atoms with E-state index in [1.54, 1.807) is 25.1 Å². The smallest absolute Gasteiger partial charge is 0.251 e. The highest BCUT2D eigenvalue weighted by molar-refractivity contribution is 7.89. The van der Waals surface area contributed by atoms with Gasteiger partial charge >= 0.3 is 0 Å². The van der Waals surface area contributed by atoms with Crippen LogP contribution in [0.25, 0.3) is 0 Å². The number of nitrogens with one attached hydrogen (secondary N) is 1. The number of amides is 1. The minimum Gasteiger partial charge on any atom is -0.492 e. The van der Waals surface area contributed by atoms with Gasteiger partial charge in [0.15, 0.2) is 0 Å². The molecule has 0 aromatic heterocycles. The lowest BCUT2D eigenvalue weighted by Crippen LogP contribution is -2.32. The van der Waals surface area contributed by atoms with Gasteiger partial charge in [0.1, 0.15) is 18.2 Å². The van der Waals surface area contributed by atoms with Crippen molar-refractivity contribution in [3.63, 3.8) is 0 Å². The second-order valence-electron chi connectivity index (χ2n) is 8.09. The molecule has 8 heteroatoms. The molecule has 6 nitrogen and oxygen atoms in total. The Bertz CT molecular complexity index is 1290. The third-order valence-corrected chi connectivity index (χ3v) is 7.46. The fourth-order valence-electron chi connectivity index (χ4n) is 3.59. The molecular formula is C25H25FN2O4S. The lowest BCUT2D eigenvalue weighted by Gasteiger charge is -2.20. The van der Waals surface area contributed by atoms with Crippen LogP contribution in [0.4, 0.5) is 4.39 Å². The van der Waals surface area contributed by atoms with Crippen LogP contribution < -0.4 is 10.1 Å². The predicted octanol–water partition coefficient (Wildman–Crippen LogP) is 3.96. The summed E-state index contributed by atoms with van der Waals surface area (Å²) >= 11 is 0. The molecule has 0 fully saturated rings. The van der Waals surface area contributed by atoms with E-state index < -0.39 is 15.8 Å². The molecule has 1 aliphatic heterocycles. The number of fused-ring (bicyclic) bond motifs is 1. The molecule has 0 radical (unpaired) electrons. The van der Waals surface area contributed by atoms with E-state index >= 15 is 0 Å². The Kier molecular flexibility index (Phi) is 6.49. The predicted molar refractivity (Wildman–Crippen MR) is 123 cm³/mol. The quantitative estimate of drug-likeness (QED) is 0.615. The van der Waals surface area contributed by atoms with Gasteiger partial charge in [0.05, 0.1) is 4.90 Å². The van der Waals surface area contributed by atoms with Crippen LogP contribution in [0.3, 0.4) is 0 Å². The number of carbonyl (C=O) groups excluding carboxylic acids is 1. The Labute approximate surface area is 193 Å². The Morgan fingerprint density at radius 3 is 2.55 bits per heavy atom. The summed E-state index contributed by atoms with van der Waals surface area (Å²) in [6.45, 7) is 4.24. The van der Waals surface area contributed by atoms with Crippen molar-refractivity contribution in [3.8, 4) is 5.75 Å². The second-order valence-corrected chi connectivity index (χ2v) is 10.0. The van der Waals surface area contributed by atoms with Crippen molar-refractivity contribution in [2.24, 2.45) is 0 Å². The van der Waals surface area contributed by atoms with Gasteiger partial charge in [0, 0.05) is 30.8 Å². The van der Waals surface area contributed by atoms with Crippen LogP contribution >= 0.6 is 0 Å². The summed E-state index contributed by atoms with van der Waals surface area (Å²) in [5.74, 6) is -0.314. The number of nitrogens with zero attached hydrogens (tertiary/aromatic N) is 1. The molecule has 1 amide bonds. The van der Waals surface area contributed by atoms with E-state index in [1.807, 2.05) is 31.2 Å². The fourth-order valence-corrected chi connectivity index (χ4v) is 5.00. The van der Waals surface area contributed by atoms with E-state index in [2.05, 4.69) is 5.32 Å². The zero-order valence-electron chi connectivity index (χ0n) is 18.5. The Hall–Kier alpha value is -3.23. The topological polar surface area (TPSA) is 75.7 Å². The number of benzene rings is 3. The first-order chi connectivity index (χ1) is 15.7. The van der Waals surface area contributed by atoms with Crippen LogP contribution in [0.2, 0.25) is 0 Å². The maximum absolute atomic E-state index is 14.0. The standard InChI is InChI=1S/C25H25FN2O4S/c1-17-3-6-19(7-4-17)15-27-25(29)20-8-10-24-21(13-20)16-28(11-12-32-24)33(30,31)22-9-5-18(2)23(26)14-22/h3-10,13-14H,11-12,15-16H2,1-2H3,(H,27,29). The van der Waals surface area contributed by atoms with E-state index in [-0.39, 0.29) is 30.5 Å². The Balaban J connectivity index is 1.53. The van der Waals surface area contributed by atoms with Gasteiger partial charge in [0.25, 0.3) is 5.91 Å². The van der Waals surface area contributed by atoms with Crippen LogP contribution in [-0.2, 0) is 23.1 Å². The number of rotatable bonds is 5. The summed E-state index contributed by atoms with van der Waals surface area (Å²) in [6, 6.07) is 16.7. The molecule has 0 saturated heterocycles. The fraction of sp³-hybridized carbons (Fsp3) is 0.240. The molecule has 33 heavy (non-hydrogen) atoms. The molecule has 0 saturated carbocycles. The molecule has 1 heterocycles. The summed E-state index contributed by atoms with van der Waals surface area (Å²) in [5, 5.41) is 2.88. The first-order valence-electron chi connectivity index (χ1n) is 10.6. The minimum absolute atomic E-state index is 0.0201. The highest BCUT2D eigenvalue weighted by Crippen LogP contribution is 2.28. The van der Waals surface area contributed by atoms with E-state index in [4.69, 9.17) is 4.74 Å². The van der Waals surface area contributed by atoms with Crippen molar-refractivity contribution < 1.29 is 22.3 Å². The maximum atomic E-state index is 14.0. The molecule has 0 spiro atoms. The van der Waals surface area contributed by atoms with Gasteiger partial charge in [-0.1, -0.05) is 35.9 Å². The highest BCUT2D eigenvalue weighted by atomic mass is 32.2. The van der Waals surface area contributed by atoms with Crippen LogP contribution in [0.1, 0.15) is 32.6 Å². The monoisotopic (exact) mass is 468 g/mol. The average molecular weight is 469 g/mol. The third kappa shape index (κ3) is 5.07. The minimum atomic E-state index is -3.94. The van der Waals surface area contributed by atoms with Crippen molar-refractivity contribution >= 4 is 15.9 Å². The van der Waals surface area contributed by atoms with E-state index in [0.29, 0.717) is 29.0 Å². The lowest BCUT2D eigenvalue weighted by atomic mass is 10.1. The Morgan fingerprint density at radius 2 is 1.82 bits per heavy atom. The molecule has 0 bridgehead atoms. The summed E-state index contributed by atoms with van der Waals surface area (Å²) in [4.78, 5) is 12.6. The third-order valence-electron chi connectivity index (χ3n) is 5.62. The van der Waals surface area contributed by atoms with Gasteiger partial charge in [-0.2, -0.15) is 4.31 Å². The average Bonchev–Trinajstić information content (AvgIpc) is 3.02. The highest BCUT2D eigenvalue weighted by Gasteiger charge is 2.28. The zero-order chi connectivity index (χ0) is 23.6. The van der Waals surface area contributed by atoms with Crippen LogP contribution in [0, 0.1) is 19.7 Å². The van der Waals surface area contributed by atoms with Crippen molar-refractivity contribution in [1.82, 2.24) is 9.62 Å². The van der Waals surface area contributed by atoms with E-state index in [9.17, 15) is 17.6 Å². The SMILES string of the molecule is Cc1ccc(CNC(=O)c2ccc3c(c2)CN(S(=O)(=O)c2ccc(C)c(F)c2)CCO3)cc1. The van der Waals surface area contributed by atoms with Gasteiger partial charge in [-0.25, -0.2) is 12.8 Å². The van der Waals surface area contributed by atoms with Gasteiger partial charge < -0.3 is 10.1 Å². The summed E-state index contributed by atoms with van der Waals surface area (Å²) in [5.41, 5.74) is 3.48. The number of carbonyl (C=O) groups is 1. The number of hydrogen-bond acceptors (Lipinski definition) is 4. The number of halogens is 1. The normalized spacial score (nSPS) is 14.2. The van der Waals surface area contributed by atoms with E-state index in [1.165, 1.54) is 16.4 Å². The van der Waals surface area contributed by atoms with E-state index in [0.717, 1.165) is 17.2 Å². The van der Waals surface area contributed by atoms with Crippen molar-refractivity contribution in [2.45, 2.75) is 31.8 Å². The van der Waals surface area contributed by atoms with Crippen molar-refractivity contribution in [1.29, 1.82) is 0 Å². The first kappa shape index (κ1) is 22.9. The summed E-state index contributed by atoms with van der Waals surface area (Å²) in [6.07, 6.45) is 0. The molecular weight excluding hydrogens is 443 g/mol. The lowest BCUT2D eigenvalue weighted by molar-refractivity contribution is 0.0950. The van der Waals surface area contributed by atoms with Crippen LogP contribution in [0.15, 0.2) is 65.6 Å².